The Hall–Kier alpha value is -2.99. The molecule has 0 aliphatic rings. The van der Waals surface area contributed by atoms with E-state index in [0.717, 1.165) is 10.9 Å². The zero-order valence-corrected chi connectivity index (χ0v) is 14.6. The Kier molecular flexibility index (Phi) is 4.26. The number of hydrogen-bond donors (Lipinski definition) is 0. The van der Waals surface area contributed by atoms with Crippen molar-refractivity contribution in [3.05, 3.63) is 71.7 Å². The standard InChI is InChI=1S/C19H14ClFN4O/c1-26-17-6-12(5-16(21)7-17)14-8-22-19(23-9-14)11-25-18-3-2-15(20)4-13(18)10-24-25/h2-10H,11H2,1H3. The average Bonchev–Trinajstić information content (AvgIpc) is 3.03. The second-order valence-electron chi connectivity index (χ2n) is 5.77. The summed E-state index contributed by atoms with van der Waals surface area (Å²) < 4.78 is 20.6. The first-order chi connectivity index (χ1) is 12.6. The minimum absolute atomic E-state index is 0.370. The molecule has 130 valence electrons. The van der Waals surface area contributed by atoms with Crippen LogP contribution in [0.3, 0.4) is 0 Å². The Morgan fingerprint density at radius 3 is 2.62 bits per heavy atom. The molecule has 2 heterocycles. The van der Waals surface area contributed by atoms with Gasteiger partial charge in [0, 0.05) is 34.4 Å². The van der Waals surface area contributed by atoms with Crippen LogP contribution in [0, 0.1) is 5.82 Å². The van der Waals surface area contributed by atoms with Crippen molar-refractivity contribution < 1.29 is 9.13 Å². The van der Waals surface area contributed by atoms with Crippen LogP contribution in [0.1, 0.15) is 5.82 Å². The fourth-order valence-corrected chi connectivity index (χ4v) is 2.93. The topological polar surface area (TPSA) is 52.8 Å². The lowest BCUT2D eigenvalue weighted by Gasteiger charge is -2.07. The largest absolute Gasteiger partial charge is 0.497 e. The highest BCUT2D eigenvalue weighted by Gasteiger charge is 2.08. The summed E-state index contributed by atoms with van der Waals surface area (Å²) in [5.74, 6) is 0.688. The number of rotatable bonds is 4. The molecule has 4 aromatic rings. The molecule has 0 spiro atoms. The first-order valence-corrected chi connectivity index (χ1v) is 8.27. The molecule has 4 rings (SSSR count). The Bertz CT molecular complexity index is 1080. The number of fused-ring (bicyclic) bond motifs is 1. The molecule has 2 aromatic carbocycles. The van der Waals surface area contributed by atoms with Gasteiger partial charge in [-0.05, 0) is 35.9 Å². The third kappa shape index (κ3) is 3.23. The van der Waals surface area contributed by atoms with Crippen molar-refractivity contribution in [3.8, 4) is 16.9 Å². The van der Waals surface area contributed by atoms with Gasteiger partial charge in [0.2, 0.25) is 0 Å². The molecule has 0 aliphatic carbocycles. The molecule has 0 unspecified atom stereocenters. The molecule has 2 aromatic heterocycles. The fourth-order valence-electron chi connectivity index (χ4n) is 2.75. The molecule has 0 aliphatic heterocycles. The predicted octanol–water partition coefficient (Wildman–Crippen LogP) is 4.34. The summed E-state index contributed by atoms with van der Waals surface area (Å²) in [6.45, 7) is 0.428. The number of nitrogens with zero attached hydrogens (tertiary/aromatic N) is 4. The molecule has 7 heteroatoms. The number of halogens is 2. The molecule has 26 heavy (non-hydrogen) atoms. The number of ether oxygens (including phenoxy) is 1. The number of benzene rings is 2. The summed E-state index contributed by atoms with van der Waals surface area (Å²) in [5.41, 5.74) is 2.33. The van der Waals surface area contributed by atoms with Crippen LogP contribution in [0.25, 0.3) is 22.0 Å². The van der Waals surface area contributed by atoms with Crippen molar-refractivity contribution >= 4 is 22.5 Å². The van der Waals surface area contributed by atoms with Gasteiger partial charge in [0.15, 0.2) is 0 Å². The van der Waals surface area contributed by atoms with Gasteiger partial charge in [-0.1, -0.05) is 11.6 Å². The zero-order chi connectivity index (χ0) is 18.1. The van der Waals surface area contributed by atoms with Crippen molar-refractivity contribution in [2.24, 2.45) is 0 Å². The van der Waals surface area contributed by atoms with Gasteiger partial charge in [0.05, 0.1) is 18.8 Å². The van der Waals surface area contributed by atoms with Gasteiger partial charge in [-0.3, -0.25) is 4.68 Å². The van der Waals surface area contributed by atoms with Crippen molar-refractivity contribution in [2.75, 3.05) is 7.11 Å². The van der Waals surface area contributed by atoms with Crippen LogP contribution in [0.4, 0.5) is 4.39 Å². The minimum Gasteiger partial charge on any atom is -0.497 e. The quantitative estimate of drug-likeness (QED) is 0.537. The van der Waals surface area contributed by atoms with E-state index in [2.05, 4.69) is 15.1 Å². The Labute approximate surface area is 154 Å². The molecular weight excluding hydrogens is 355 g/mol. The van der Waals surface area contributed by atoms with Crippen molar-refractivity contribution in [1.82, 2.24) is 19.7 Å². The van der Waals surface area contributed by atoms with Crippen LogP contribution in [0.15, 0.2) is 55.0 Å². The summed E-state index contributed by atoms with van der Waals surface area (Å²) in [7, 11) is 1.50. The van der Waals surface area contributed by atoms with Crippen LogP contribution < -0.4 is 4.74 Å². The molecule has 0 bridgehead atoms. The second kappa shape index (κ2) is 6.72. The van der Waals surface area contributed by atoms with E-state index in [0.29, 0.717) is 34.3 Å². The third-order valence-corrected chi connectivity index (χ3v) is 4.28. The van der Waals surface area contributed by atoms with Crippen LogP contribution >= 0.6 is 11.6 Å². The van der Waals surface area contributed by atoms with Crippen LogP contribution in [0.2, 0.25) is 5.02 Å². The number of methoxy groups -OCH3 is 1. The van der Waals surface area contributed by atoms with Gasteiger partial charge in [-0.15, -0.1) is 0 Å². The Morgan fingerprint density at radius 2 is 1.85 bits per heavy atom. The average molecular weight is 369 g/mol. The lowest BCUT2D eigenvalue weighted by Crippen LogP contribution is -2.05. The summed E-state index contributed by atoms with van der Waals surface area (Å²) in [6.07, 6.45) is 5.09. The molecule has 0 atom stereocenters. The SMILES string of the molecule is COc1cc(F)cc(-c2cnc(Cn3ncc4cc(Cl)ccc43)nc2)c1. The highest BCUT2D eigenvalue weighted by molar-refractivity contribution is 6.31. The van der Waals surface area contributed by atoms with E-state index in [4.69, 9.17) is 16.3 Å². The van der Waals surface area contributed by atoms with Gasteiger partial charge >= 0.3 is 0 Å². The van der Waals surface area contributed by atoms with E-state index < -0.39 is 0 Å². The lowest BCUT2D eigenvalue weighted by atomic mass is 10.1. The highest BCUT2D eigenvalue weighted by atomic mass is 35.5. The molecule has 0 radical (unpaired) electrons. The Balaban J connectivity index is 1.60. The molecule has 5 nitrogen and oxygen atoms in total. The van der Waals surface area contributed by atoms with E-state index in [1.165, 1.54) is 19.2 Å². The van der Waals surface area contributed by atoms with E-state index in [1.807, 2.05) is 22.9 Å². The van der Waals surface area contributed by atoms with Gasteiger partial charge in [0.1, 0.15) is 23.9 Å². The maximum atomic E-state index is 13.7. The first kappa shape index (κ1) is 16.5. The number of hydrogen-bond acceptors (Lipinski definition) is 4. The molecule has 0 fully saturated rings. The summed E-state index contributed by atoms with van der Waals surface area (Å²) >= 11 is 6.00. The van der Waals surface area contributed by atoms with Crippen LogP contribution in [-0.4, -0.2) is 26.9 Å². The molecule has 0 saturated heterocycles. The van der Waals surface area contributed by atoms with E-state index in [1.54, 1.807) is 24.7 Å². The molecule has 0 saturated carbocycles. The Morgan fingerprint density at radius 1 is 1.04 bits per heavy atom. The monoisotopic (exact) mass is 368 g/mol. The highest BCUT2D eigenvalue weighted by Crippen LogP contribution is 2.25. The van der Waals surface area contributed by atoms with Gasteiger partial charge < -0.3 is 4.74 Å². The minimum atomic E-state index is -0.370. The van der Waals surface area contributed by atoms with Crippen LogP contribution in [-0.2, 0) is 6.54 Å². The fraction of sp³-hybridized carbons (Fsp3) is 0.105. The van der Waals surface area contributed by atoms with E-state index >= 15 is 0 Å². The van der Waals surface area contributed by atoms with E-state index in [-0.39, 0.29) is 5.82 Å². The predicted molar refractivity (Wildman–Crippen MR) is 97.8 cm³/mol. The molecule has 0 N–H and O–H groups in total. The summed E-state index contributed by atoms with van der Waals surface area (Å²) in [4.78, 5) is 8.76. The molecule has 0 amide bonds. The van der Waals surface area contributed by atoms with E-state index in [9.17, 15) is 4.39 Å². The lowest BCUT2D eigenvalue weighted by molar-refractivity contribution is 0.411. The summed E-state index contributed by atoms with van der Waals surface area (Å²) in [6, 6.07) is 10.1. The zero-order valence-electron chi connectivity index (χ0n) is 13.9. The van der Waals surface area contributed by atoms with Crippen molar-refractivity contribution in [2.45, 2.75) is 6.54 Å². The van der Waals surface area contributed by atoms with Gasteiger partial charge in [-0.2, -0.15) is 5.10 Å². The maximum absolute atomic E-state index is 13.7. The second-order valence-corrected chi connectivity index (χ2v) is 6.21. The maximum Gasteiger partial charge on any atom is 0.149 e. The summed E-state index contributed by atoms with van der Waals surface area (Å²) in [5, 5.41) is 5.99. The van der Waals surface area contributed by atoms with Crippen molar-refractivity contribution in [3.63, 3.8) is 0 Å². The normalized spacial score (nSPS) is 11.0. The van der Waals surface area contributed by atoms with Gasteiger partial charge in [0.25, 0.3) is 0 Å². The molecular formula is C19H14ClFN4O. The number of aromatic nitrogens is 4. The van der Waals surface area contributed by atoms with Crippen molar-refractivity contribution in [1.29, 1.82) is 0 Å². The van der Waals surface area contributed by atoms with Crippen LogP contribution in [0.5, 0.6) is 5.75 Å². The smallest absolute Gasteiger partial charge is 0.149 e. The first-order valence-electron chi connectivity index (χ1n) is 7.89. The van der Waals surface area contributed by atoms with Gasteiger partial charge in [-0.25, -0.2) is 14.4 Å². The third-order valence-electron chi connectivity index (χ3n) is 4.04.